The minimum atomic E-state index is 0.471. The van der Waals surface area contributed by atoms with Crippen molar-refractivity contribution >= 4 is 16.9 Å². The van der Waals surface area contributed by atoms with E-state index in [1.54, 1.807) is 0 Å². The summed E-state index contributed by atoms with van der Waals surface area (Å²) in [5, 5.41) is 4.86. The van der Waals surface area contributed by atoms with Gasteiger partial charge in [-0.1, -0.05) is 32.5 Å². The smallest absolute Gasteiger partial charge is 0.156 e. The normalized spacial score (nSPS) is 32.3. The highest BCUT2D eigenvalue weighted by atomic mass is 32.2. The minimum absolute atomic E-state index is 0.471. The van der Waals surface area contributed by atoms with Crippen LogP contribution in [0.1, 0.15) is 52.9 Å². The van der Waals surface area contributed by atoms with E-state index in [0.29, 0.717) is 11.5 Å². The summed E-state index contributed by atoms with van der Waals surface area (Å²) in [5.74, 6) is 2.14. The maximum atomic E-state index is 4.78. The molecule has 17 heavy (non-hydrogen) atoms. The van der Waals surface area contributed by atoms with Gasteiger partial charge < -0.3 is 5.32 Å². The summed E-state index contributed by atoms with van der Waals surface area (Å²) in [6.07, 6.45) is 6.55. The molecule has 3 heteroatoms. The molecule has 0 aromatic rings. The van der Waals surface area contributed by atoms with Crippen LogP contribution >= 0.6 is 11.8 Å². The van der Waals surface area contributed by atoms with Crippen LogP contribution in [0, 0.1) is 11.3 Å². The number of thioether (sulfide) groups is 1. The van der Waals surface area contributed by atoms with Crippen LogP contribution in [0.5, 0.6) is 0 Å². The number of amidine groups is 1. The molecule has 1 aliphatic carbocycles. The van der Waals surface area contributed by atoms with Crippen LogP contribution in [-0.4, -0.2) is 23.5 Å². The van der Waals surface area contributed by atoms with Gasteiger partial charge in [-0.05, 0) is 43.4 Å². The molecular weight excluding hydrogens is 228 g/mol. The Morgan fingerprint density at radius 3 is 2.59 bits per heavy atom. The summed E-state index contributed by atoms with van der Waals surface area (Å²) in [5.41, 5.74) is 0.471. The molecule has 2 atom stereocenters. The Bertz CT molecular complexity index is 284. The van der Waals surface area contributed by atoms with E-state index in [9.17, 15) is 0 Å². The van der Waals surface area contributed by atoms with Gasteiger partial charge in [0.05, 0.1) is 0 Å². The average Bonchev–Trinajstić information content (AvgIpc) is 2.76. The van der Waals surface area contributed by atoms with Crippen LogP contribution in [0.2, 0.25) is 0 Å². The number of hydrogen-bond acceptors (Lipinski definition) is 3. The van der Waals surface area contributed by atoms with Gasteiger partial charge in [0.1, 0.15) is 0 Å². The fourth-order valence-corrected chi connectivity index (χ4v) is 4.18. The lowest BCUT2D eigenvalue weighted by molar-refractivity contribution is 0.318. The summed E-state index contributed by atoms with van der Waals surface area (Å²) in [4.78, 5) is 4.78. The highest BCUT2D eigenvalue weighted by Gasteiger charge is 2.31. The second-order valence-corrected chi connectivity index (χ2v) is 6.84. The third-order valence-electron chi connectivity index (χ3n) is 4.60. The molecule has 1 heterocycles. The van der Waals surface area contributed by atoms with E-state index in [1.165, 1.54) is 43.0 Å². The Balaban J connectivity index is 1.86. The monoisotopic (exact) mass is 254 g/mol. The van der Waals surface area contributed by atoms with Crippen molar-refractivity contribution in [1.82, 2.24) is 5.32 Å². The van der Waals surface area contributed by atoms with Crippen LogP contribution in [-0.2, 0) is 0 Å². The number of aliphatic imine (C=N–C) groups is 1. The summed E-state index contributed by atoms with van der Waals surface area (Å²) in [6, 6.07) is 0.687. The lowest BCUT2D eigenvalue weighted by atomic mass is 9.84. The predicted molar refractivity (Wildman–Crippen MR) is 77.7 cm³/mol. The van der Waals surface area contributed by atoms with Gasteiger partial charge in [-0.3, -0.25) is 4.99 Å². The number of nitrogens with zero attached hydrogens (tertiary/aromatic N) is 1. The van der Waals surface area contributed by atoms with Crippen molar-refractivity contribution in [2.45, 2.75) is 58.9 Å². The molecule has 2 unspecified atom stereocenters. The van der Waals surface area contributed by atoms with E-state index in [4.69, 9.17) is 4.99 Å². The van der Waals surface area contributed by atoms with Crippen molar-refractivity contribution in [3.05, 3.63) is 0 Å². The summed E-state index contributed by atoms with van der Waals surface area (Å²) >= 11 is 1.95. The molecule has 2 nitrogen and oxygen atoms in total. The average molecular weight is 254 g/mol. The van der Waals surface area contributed by atoms with Crippen LogP contribution in [0.15, 0.2) is 4.99 Å². The Hall–Kier alpha value is -0.180. The van der Waals surface area contributed by atoms with Gasteiger partial charge in [0.25, 0.3) is 0 Å². The number of nitrogens with one attached hydrogen (secondary N) is 1. The molecule has 0 saturated heterocycles. The van der Waals surface area contributed by atoms with Crippen molar-refractivity contribution in [2.75, 3.05) is 12.3 Å². The zero-order valence-corrected chi connectivity index (χ0v) is 12.3. The molecule has 0 bridgehead atoms. The van der Waals surface area contributed by atoms with Gasteiger partial charge in [-0.2, -0.15) is 0 Å². The first-order chi connectivity index (χ1) is 8.17. The molecule has 2 rings (SSSR count). The van der Waals surface area contributed by atoms with Gasteiger partial charge in [-0.15, -0.1) is 0 Å². The maximum Gasteiger partial charge on any atom is 0.156 e. The minimum Gasteiger partial charge on any atom is -0.362 e. The molecule has 2 aliphatic rings. The first kappa shape index (κ1) is 13.3. The van der Waals surface area contributed by atoms with Crippen molar-refractivity contribution in [1.29, 1.82) is 0 Å². The quantitative estimate of drug-likeness (QED) is 0.831. The van der Waals surface area contributed by atoms with Gasteiger partial charge >= 0.3 is 0 Å². The Morgan fingerprint density at radius 1 is 1.35 bits per heavy atom. The van der Waals surface area contributed by atoms with Crippen molar-refractivity contribution < 1.29 is 0 Å². The molecule has 0 aromatic heterocycles. The topological polar surface area (TPSA) is 24.4 Å². The Morgan fingerprint density at radius 2 is 2.12 bits per heavy atom. The third kappa shape index (κ3) is 3.18. The maximum absolute atomic E-state index is 4.78. The fourth-order valence-electron chi connectivity index (χ4n) is 2.83. The second kappa shape index (κ2) is 5.64. The summed E-state index contributed by atoms with van der Waals surface area (Å²) in [7, 11) is 0. The van der Waals surface area contributed by atoms with Crippen LogP contribution in [0.4, 0.5) is 0 Å². The molecular formula is C14H26N2S. The molecule has 0 aromatic carbocycles. The fraction of sp³-hybridized carbons (Fsp3) is 0.929. The molecule has 1 fully saturated rings. The molecule has 0 amide bonds. The largest absolute Gasteiger partial charge is 0.362 e. The van der Waals surface area contributed by atoms with Crippen molar-refractivity contribution in [3.8, 4) is 0 Å². The van der Waals surface area contributed by atoms with E-state index in [2.05, 4.69) is 26.1 Å². The second-order valence-electron chi connectivity index (χ2n) is 5.88. The molecule has 98 valence electrons. The number of rotatable bonds is 3. The Kier molecular flexibility index (Phi) is 4.40. The van der Waals surface area contributed by atoms with Crippen molar-refractivity contribution in [3.63, 3.8) is 0 Å². The zero-order chi connectivity index (χ0) is 12.3. The van der Waals surface area contributed by atoms with Crippen LogP contribution in [0.25, 0.3) is 0 Å². The van der Waals surface area contributed by atoms with E-state index in [0.717, 1.165) is 12.5 Å². The summed E-state index contributed by atoms with van der Waals surface area (Å²) < 4.78 is 0. The molecule has 1 N–H and O–H groups in total. The third-order valence-corrected chi connectivity index (χ3v) is 5.87. The first-order valence-electron chi connectivity index (χ1n) is 7.11. The lowest BCUT2D eigenvalue weighted by Crippen LogP contribution is -2.38. The van der Waals surface area contributed by atoms with Crippen molar-refractivity contribution in [2.24, 2.45) is 16.3 Å². The van der Waals surface area contributed by atoms with E-state index in [1.807, 2.05) is 11.8 Å². The van der Waals surface area contributed by atoms with E-state index in [-0.39, 0.29) is 0 Å². The van der Waals surface area contributed by atoms with E-state index < -0.39 is 0 Å². The Labute approximate surface area is 110 Å². The highest BCUT2D eigenvalue weighted by molar-refractivity contribution is 8.13. The van der Waals surface area contributed by atoms with Crippen LogP contribution in [0.3, 0.4) is 0 Å². The van der Waals surface area contributed by atoms with Crippen LogP contribution < -0.4 is 5.32 Å². The molecule has 1 aliphatic heterocycles. The highest BCUT2D eigenvalue weighted by Crippen LogP contribution is 2.35. The predicted octanol–water partition coefficient (Wildman–Crippen LogP) is 3.67. The summed E-state index contributed by atoms with van der Waals surface area (Å²) in [6.45, 7) is 7.99. The molecule has 0 radical (unpaired) electrons. The van der Waals surface area contributed by atoms with Gasteiger partial charge in [0.15, 0.2) is 5.17 Å². The van der Waals surface area contributed by atoms with E-state index >= 15 is 0 Å². The zero-order valence-electron chi connectivity index (χ0n) is 11.5. The standard InChI is InChI=1S/C14H26N2S/c1-4-14(5-2)9-15-13(17-10-14)16-12-7-6-11(3)8-12/h11-12H,4-10H2,1-3H3,(H,15,16). The SMILES string of the molecule is CCC1(CC)CN=C(NC2CCC(C)C2)SC1. The molecule has 1 saturated carbocycles. The number of hydrogen-bond donors (Lipinski definition) is 1. The van der Waals surface area contributed by atoms with Gasteiger partial charge in [0, 0.05) is 18.3 Å². The lowest BCUT2D eigenvalue weighted by Gasteiger charge is -2.34. The van der Waals surface area contributed by atoms with Gasteiger partial charge in [0.2, 0.25) is 0 Å². The first-order valence-corrected chi connectivity index (χ1v) is 8.10. The van der Waals surface area contributed by atoms with Gasteiger partial charge in [-0.25, -0.2) is 0 Å². The molecule has 0 spiro atoms.